The van der Waals surface area contributed by atoms with Crippen LogP contribution in [0.15, 0.2) is 27.6 Å². The van der Waals surface area contributed by atoms with Crippen molar-refractivity contribution < 1.29 is 21.6 Å². The summed E-state index contributed by atoms with van der Waals surface area (Å²) in [4.78, 5) is -0.321. The molecule has 1 aliphatic rings. The van der Waals surface area contributed by atoms with Crippen LogP contribution in [0.5, 0.6) is 0 Å². The third kappa shape index (κ3) is 3.60. The summed E-state index contributed by atoms with van der Waals surface area (Å²) < 4.78 is 65.0. The third-order valence-electron chi connectivity index (χ3n) is 3.55. The maximum atomic E-state index is 12.8. The molecule has 1 atom stereocenters. The molecule has 2 rings (SSSR count). The minimum absolute atomic E-state index is 0.0977. The zero-order chi connectivity index (χ0) is 15.8. The molecule has 1 aromatic rings. The van der Waals surface area contributed by atoms with Crippen LogP contribution in [0.4, 0.5) is 13.2 Å². The first kappa shape index (κ1) is 16.8. The van der Waals surface area contributed by atoms with Crippen molar-refractivity contribution in [1.29, 1.82) is 0 Å². The lowest BCUT2D eigenvalue weighted by Gasteiger charge is -2.32. The molecule has 0 aliphatic carbocycles. The summed E-state index contributed by atoms with van der Waals surface area (Å²) in [5.41, 5.74) is -0.972. The predicted molar refractivity (Wildman–Crippen MR) is 76.3 cm³/mol. The first-order valence-corrected chi connectivity index (χ1v) is 8.75. The molecular weight excluding hydrogens is 371 g/mol. The number of alkyl halides is 3. The first-order chi connectivity index (χ1) is 9.62. The van der Waals surface area contributed by atoms with Gasteiger partial charge in [0, 0.05) is 17.1 Å². The quantitative estimate of drug-likeness (QED) is 0.770. The number of rotatable bonds is 2. The molecule has 0 aromatic heterocycles. The largest absolute Gasteiger partial charge is 0.416 e. The van der Waals surface area contributed by atoms with E-state index in [9.17, 15) is 21.6 Å². The van der Waals surface area contributed by atoms with Crippen LogP contribution in [0.2, 0.25) is 0 Å². The molecule has 0 spiro atoms. The Morgan fingerprint density at radius 3 is 2.48 bits per heavy atom. The highest BCUT2D eigenvalue weighted by Gasteiger charge is 2.35. The lowest BCUT2D eigenvalue weighted by molar-refractivity contribution is -0.137. The normalized spacial score (nSPS) is 21.5. The van der Waals surface area contributed by atoms with E-state index in [-0.39, 0.29) is 15.4 Å². The zero-order valence-corrected chi connectivity index (χ0v) is 13.7. The fourth-order valence-electron chi connectivity index (χ4n) is 2.44. The maximum Gasteiger partial charge on any atom is 0.416 e. The summed E-state index contributed by atoms with van der Waals surface area (Å²) in [7, 11) is -3.91. The van der Waals surface area contributed by atoms with Crippen molar-refractivity contribution in [3.05, 3.63) is 28.2 Å². The van der Waals surface area contributed by atoms with Crippen LogP contribution in [0.1, 0.15) is 31.7 Å². The van der Waals surface area contributed by atoms with Gasteiger partial charge >= 0.3 is 6.18 Å². The molecule has 1 aliphatic heterocycles. The highest BCUT2D eigenvalue weighted by Crippen LogP contribution is 2.34. The van der Waals surface area contributed by atoms with E-state index in [2.05, 4.69) is 15.9 Å². The van der Waals surface area contributed by atoms with Crippen LogP contribution in [0.3, 0.4) is 0 Å². The van der Waals surface area contributed by atoms with Gasteiger partial charge in [-0.05, 0) is 38.0 Å². The molecule has 0 unspecified atom stereocenters. The van der Waals surface area contributed by atoms with Gasteiger partial charge < -0.3 is 0 Å². The number of sulfonamides is 1. The molecule has 21 heavy (non-hydrogen) atoms. The average molecular weight is 386 g/mol. The Hall–Kier alpha value is -0.600. The minimum atomic E-state index is -4.58. The van der Waals surface area contributed by atoms with E-state index in [1.54, 1.807) is 6.92 Å². The molecule has 118 valence electrons. The molecule has 1 saturated heterocycles. The van der Waals surface area contributed by atoms with Gasteiger partial charge in [-0.3, -0.25) is 0 Å². The van der Waals surface area contributed by atoms with Crippen molar-refractivity contribution in [2.24, 2.45) is 0 Å². The standard InChI is InChI=1S/C13H15BrF3NO2S/c1-9-4-2-3-5-18(9)21(19,20)12-7-10(13(15,16)17)6-11(14)8-12/h6-9H,2-5H2,1H3/t9-/m1/s1. The van der Waals surface area contributed by atoms with Crippen molar-refractivity contribution >= 4 is 26.0 Å². The molecule has 1 heterocycles. The molecular formula is C13H15BrF3NO2S. The topological polar surface area (TPSA) is 37.4 Å². The molecule has 0 bridgehead atoms. The Morgan fingerprint density at radius 2 is 1.90 bits per heavy atom. The monoisotopic (exact) mass is 385 g/mol. The second-order valence-corrected chi connectivity index (χ2v) is 7.94. The van der Waals surface area contributed by atoms with E-state index >= 15 is 0 Å². The molecule has 8 heteroatoms. The molecule has 0 saturated carbocycles. The summed E-state index contributed by atoms with van der Waals surface area (Å²) in [5, 5.41) is 0. The van der Waals surface area contributed by atoms with Gasteiger partial charge in [0.2, 0.25) is 10.0 Å². The maximum absolute atomic E-state index is 12.8. The van der Waals surface area contributed by atoms with Crippen molar-refractivity contribution in [1.82, 2.24) is 4.31 Å². The summed E-state index contributed by atoms with van der Waals surface area (Å²) in [5.74, 6) is 0. The van der Waals surface area contributed by atoms with Gasteiger partial charge in [-0.2, -0.15) is 17.5 Å². The van der Waals surface area contributed by atoms with E-state index in [0.29, 0.717) is 12.6 Å². The number of benzene rings is 1. The molecule has 0 radical (unpaired) electrons. The van der Waals surface area contributed by atoms with Crippen LogP contribution >= 0.6 is 15.9 Å². The lowest BCUT2D eigenvalue weighted by atomic mass is 10.1. The number of hydrogen-bond acceptors (Lipinski definition) is 2. The number of hydrogen-bond donors (Lipinski definition) is 0. The fourth-order valence-corrected chi connectivity index (χ4v) is 4.86. The Kier molecular flexibility index (Phi) is 4.70. The van der Waals surface area contributed by atoms with Crippen LogP contribution in [-0.4, -0.2) is 25.3 Å². The highest BCUT2D eigenvalue weighted by atomic mass is 79.9. The molecule has 0 N–H and O–H groups in total. The van der Waals surface area contributed by atoms with Crippen molar-refractivity contribution in [2.75, 3.05) is 6.54 Å². The molecule has 0 amide bonds. The molecule has 3 nitrogen and oxygen atoms in total. The van der Waals surface area contributed by atoms with Gasteiger partial charge in [0.05, 0.1) is 10.5 Å². The van der Waals surface area contributed by atoms with E-state index in [1.807, 2.05) is 0 Å². The predicted octanol–water partition coefficient (Wildman–Crippen LogP) is 4.03. The van der Waals surface area contributed by atoms with Gasteiger partial charge in [-0.1, -0.05) is 22.4 Å². The average Bonchev–Trinajstić information content (AvgIpc) is 2.37. The second-order valence-electron chi connectivity index (χ2n) is 5.13. The summed E-state index contributed by atoms with van der Waals surface area (Å²) >= 11 is 2.95. The molecule has 1 fully saturated rings. The van der Waals surface area contributed by atoms with Crippen LogP contribution in [0, 0.1) is 0 Å². The minimum Gasteiger partial charge on any atom is -0.207 e. The Labute approximate surface area is 130 Å². The first-order valence-electron chi connectivity index (χ1n) is 6.52. The van der Waals surface area contributed by atoms with Gasteiger partial charge in [0.1, 0.15) is 0 Å². The lowest BCUT2D eigenvalue weighted by Crippen LogP contribution is -2.42. The smallest absolute Gasteiger partial charge is 0.207 e. The Bertz CT molecular complexity index is 631. The van der Waals surface area contributed by atoms with Gasteiger partial charge in [0.15, 0.2) is 0 Å². The van der Waals surface area contributed by atoms with Crippen molar-refractivity contribution in [3.8, 4) is 0 Å². The zero-order valence-electron chi connectivity index (χ0n) is 11.3. The van der Waals surface area contributed by atoms with Crippen LogP contribution < -0.4 is 0 Å². The summed E-state index contributed by atoms with van der Waals surface area (Å²) in [6.45, 7) is 2.12. The van der Waals surface area contributed by atoms with E-state index in [0.717, 1.165) is 25.3 Å². The third-order valence-corrected chi connectivity index (χ3v) is 6.00. The number of piperidine rings is 1. The van der Waals surface area contributed by atoms with Gasteiger partial charge in [-0.15, -0.1) is 0 Å². The van der Waals surface area contributed by atoms with Crippen LogP contribution in [-0.2, 0) is 16.2 Å². The van der Waals surface area contributed by atoms with E-state index < -0.39 is 21.8 Å². The molecule has 1 aromatic carbocycles. The Morgan fingerprint density at radius 1 is 1.24 bits per heavy atom. The number of nitrogens with zero attached hydrogens (tertiary/aromatic N) is 1. The van der Waals surface area contributed by atoms with Crippen molar-refractivity contribution in [3.63, 3.8) is 0 Å². The van der Waals surface area contributed by atoms with E-state index in [4.69, 9.17) is 0 Å². The number of halogens is 4. The van der Waals surface area contributed by atoms with Gasteiger partial charge in [0.25, 0.3) is 0 Å². The van der Waals surface area contributed by atoms with Gasteiger partial charge in [-0.25, -0.2) is 8.42 Å². The highest BCUT2D eigenvalue weighted by molar-refractivity contribution is 9.10. The fraction of sp³-hybridized carbons (Fsp3) is 0.538. The summed E-state index contributed by atoms with van der Waals surface area (Å²) in [6.07, 6.45) is -2.20. The second kappa shape index (κ2) is 5.89. The summed E-state index contributed by atoms with van der Waals surface area (Å²) in [6, 6.07) is 2.59. The SMILES string of the molecule is C[C@@H]1CCCCN1S(=O)(=O)c1cc(Br)cc(C(F)(F)F)c1. The van der Waals surface area contributed by atoms with Crippen molar-refractivity contribution in [2.45, 2.75) is 43.3 Å². The van der Waals surface area contributed by atoms with E-state index in [1.165, 1.54) is 10.4 Å². The van der Waals surface area contributed by atoms with Crippen LogP contribution in [0.25, 0.3) is 0 Å². The Balaban J connectivity index is 2.47.